The minimum atomic E-state index is 0.651. The Morgan fingerprint density at radius 3 is 2.43 bits per heavy atom. The maximum absolute atomic E-state index is 5.35. The van der Waals surface area contributed by atoms with E-state index in [9.17, 15) is 0 Å². The molecule has 2 nitrogen and oxygen atoms in total. The summed E-state index contributed by atoms with van der Waals surface area (Å²) in [6.45, 7) is 7.85. The van der Waals surface area contributed by atoms with E-state index >= 15 is 0 Å². The van der Waals surface area contributed by atoms with Crippen LogP contribution < -0.4 is 5.32 Å². The van der Waals surface area contributed by atoms with Gasteiger partial charge in [0.15, 0.2) is 0 Å². The van der Waals surface area contributed by atoms with Crippen molar-refractivity contribution in [3.8, 4) is 0 Å². The average Bonchev–Trinajstić information content (AvgIpc) is 2.97. The molecule has 0 aromatic carbocycles. The van der Waals surface area contributed by atoms with Crippen LogP contribution in [0.1, 0.15) is 39.5 Å². The molecule has 0 radical (unpaired) electrons. The maximum Gasteiger partial charge on any atom is 0.0480 e. The molecule has 2 aliphatic rings. The standard InChI is InChI=1S/C12H23NO/c1-10(2)12(5-6-12)9-13-11-3-7-14-8-4-11/h10-11,13H,3-9H2,1-2H3. The SMILES string of the molecule is CC(C)C1(CNC2CCOCC2)CC1. The van der Waals surface area contributed by atoms with Gasteiger partial charge < -0.3 is 10.1 Å². The monoisotopic (exact) mass is 197 g/mol. The Hall–Kier alpha value is -0.0800. The van der Waals surface area contributed by atoms with Crippen LogP contribution in [0.4, 0.5) is 0 Å². The van der Waals surface area contributed by atoms with Gasteiger partial charge in [-0.05, 0) is 37.0 Å². The van der Waals surface area contributed by atoms with Crippen molar-refractivity contribution < 1.29 is 4.74 Å². The zero-order chi connectivity index (χ0) is 10.0. The van der Waals surface area contributed by atoms with Crippen LogP contribution in [0.3, 0.4) is 0 Å². The van der Waals surface area contributed by atoms with Gasteiger partial charge in [-0.2, -0.15) is 0 Å². The van der Waals surface area contributed by atoms with Crippen molar-refractivity contribution in [3.05, 3.63) is 0 Å². The van der Waals surface area contributed by atoms with Crippen LogP contribution in [0.15, 0.2) is 0 Å². The number of nitrogens with one attached hydrogen (secondary N) is 1. The van der Waals surface area contributed by atoms with Crippen LogP contribution in [0, 0.1) is 11.3 Å². The zero-order valence-electron chi connectivity index (χ0n) is 9.51. The number of ether oxygens (including phenoxy) is 1. The summed E-state index contributed by atoms with van der Waals surface area (Å²) in [6, 6.07) is 0.722. The fraction of sp³-hybridized carbons (Fsp3) is 1.00. The van der Waals surface area contributed by atoms with Crippen molar-refractivity contribution in [2.24, 2.45) is 11.3 Å². The number of rotatable bonds is 4. The topological polar surface area (TPSA) is 21.3 Å². The number of hydrogen-bond acceptors (Lipinski definition) is 2. The molecule has 2 heteroatoms. The highest BCUT2D eigenvalue weighted by Gasteiger charge is 2.45. The van der Waals surface area contributed by atoms with Gasteiger partial charge in [0.05, 0.1) is 0 Å². The van der Waals surface area contributed by atoms with Crippen molar-refractivity contribution in [1.82, 2.24) is 5.32 Å². The van der Waals surface area contributed by atoms with Gasteiger partial charge in [-0.1, -0.05) is 13.8 Å². The molecule has 2 fully saturated rings. The van der Waals surface area contributed by atoms with E-state index in [0.29, 0.717) is 5.41 Å². The summed E-state index contributed by atoms with van der Waals surface area (Å²) < 4.78 is 5.35. The molecule has 82 valence electrons. The summed E-state index contributed by atoms with van der Waals surface area (Å²) in [5, 5.41) is 3.73. The molecule has 0 bridgehead atoms. The Morgan fingerprint density at radius 1 is 1.29 bits per heavy atom. The molecule has 0 amide bonds. The van der Waals surface area contributed by atoms with Crippen molar-refractivity contribution in [2.45, 2.75) is 45.6 Å². The third-order valence-corrected chi connectivity index (χ3v) is 4.08. The molecule has 1 heterocycles. The second kappa shape index (κ2) is 4.19. The molecule has 1 N–H and O–H groups in total. The van der Waals surface area contributed by atoms with E-state index in [-0.39, 0.29) is 0 Å². The molecule has 0 spiro atoms. The third kappa shape index (κ3) is 2.29. The second-order valence-corrected chi connectivity index (χ2v) is 5.28. The highest BCUT2D eigenvalue weighted by Crippen LogP contribution is 2.51. The Labute approximate surface area is 87.4 Å². The van der Waals surface area contributed by atoms with Crippen LogP contribution in [0.5, 0.6) is 0 Å². The predicted molar refractivity (Wildman–Crippen MR) is 58.3 cm³/mol. The van der Waals surface area contributed by atoms with Gasteiger partial charge in [-0.3, -0.25) is 0 Å². The molecule has 1 aliphatic carbocycles. The first-order chi connectivity index (χ1) is 6.73. The van der Waals surface area contributed by atoms with Crippen molar-refractivity contribution in [1.29, 1.82) is 0 Å². The van der Waals surface area contributed by atoms with Crippen LogP contribution >= 0.6 is 0 Å². The van der Waals surface area contributed by atoms with Crippen LogP contribution in [0.25, 0.3) is 0 Å². The van der Waals surface area contributed by atoms with E-state index in [1.54, 1.807) is 0 Å². The first kappa shape index (κ1) is 10.4. The lowest BCUT2D eigenvalue weighted by atomic mass is 9.92. The number of hydrogen-bond donors (Lipinski definition) is 1. The fourth-order valence-electron chi connectivity index (χ4n) is 2.37. The molecular weight excluding hydrogens is 174 g/mol. The third-order valence-electron chi connectivity index (χ3n) is 4.08. The summed E-state index contributed by atoms with van der Waals surface area (Å²) in [5.74, 6) is 0.842. The smallest absolute Gasteiger partial charge is 0.0480 e. The maximum atomic E-state index is 5.35. The molecular formula is C12H23NO. The molecule has 0 atom stereocenters. The van der Waals surface area contributed by atoms with Gasteiger partial charge in [-0.15, -0.1) is 0 Å². The highest BCUT2D eigenvalue weighted by molar-refractivity contribution is 4.97. The second-order valence-electron chi connectivity index (χ2n) is 5.28. The van der Waals surface area contributed by atoms with Gasteiger partial charge >= 0.3 is 0 Å². The fourth-order valence-corrected chi connectivity index (χ4v) is 2.37. The largest absolute Gasteiger partial charge is 0.381 e. The van der Waals surface area contributed by atoms with Gasteiger partial charge in [0.1, 0.15) is 0 Å². The Kier molecular flexibility index (Phi) is 3.13. The van der Waals surface area contributed by atoms with E-state index < -0.39 is 0 Å². The Balaban J connectivity index is 1.71. The molecule has 1 saturated heterocycles. The average molecular weight is 197 g/mol. The zero-order valence-corrected chi connectivity index (χ0v) is 9.51. The molecule has 1 aliphatic heterocycles. The van der Waals surface area contributed by atoms with Gasteiger partial charge in [0.2, 0.25) is 0 Å². The van der Waals surface area contributed by atoms with E-state index in [0.717, 1.165) is 25.2 Å². The van der Waals surface area contributed by atoms with E-state index in [1.165, 1.54) is 32.2 Å². The van der Waals surface area contributed by atoms with Crippen LogP contribution in [0.2, 0.25) is 0 Å². The molecule has 0 aromatic heterocycles. The van der Waals surface area contributed by atoms with Crippen molar-refractivity contribution >= 4 is 0 Å². The normalized spacial score (nSPS) is 26.8. The lowest BCUT2D eigenvalue weighted by Crippen LogP contribution is -2.39. The Bertz CT molecular complexity index is 181. The molecule has 1 saturated carbocycles. The minimum Gasteiger partial charge on any atom is -0.381 e. The van der Waals surface area contributed by atoms with Crippen LogP contribution in [-0.4, -0.2) is 25.8 Å². The van der Waals surface area contributed by atoms with E-state index in [2.05, 4.69) is 19.2 Å². The summed E-state index contributed by atoms with van der Waals surface area (Å²) in [7, 11) is 0. The molecule has 0 unspecified atom stereocenters. The minimum absolute atomic E-state index is 0.651. The van der Waals surface area contributed by atoms with Crippen molar-refractivity contribution in [3.63, 3.8) is 0 Å². The lowest BCUT2D eigenvalue weighted by Gasteiger charge is -2.27. The summed E-state index contributed by atoms with van der Waals surface area (Å²) in [6.07, 6.45) is 5.27. The van der Waals surface area contributed by atoms with Crippen LogP contribution in [-0.2, 0) is 4.74 Å². The first-order valence-corrected chi connectivity index (χ1v) is 6.04. The van der Waals surface area contributed by atoms with Gasteiger partial charge in [0, 0.05) is 25.8 Å². The summed E-state index contributed by atoms with van der Waals surface area (Å²) >= 11 is 0. The highest BCUT2D eigenvalue weighted by atomic mass is 16.5. The van der Waals surface area contributed by atoms with Gasteiger partial charge in [-0.25, -0.2) is 0 Å². The quantitative estimate of drug-likeness (QED) is 0.746. The lowest BCUT2D eigenvalue weighted by molar-refractivity contribution is 0.0756. The van der Waals surface area contributed by atoms with E-state index in [4.69, 9.17) is 4.74 Å². The van der Waals surface area contributed by atoms with Gasteiger partial charge in [0.25, 0.3) is 0 Å². The Morgan fingerprint density at radius 2 is 1.93 bits per heavy atom. The first-order valence-electron chi connectivity index (χ1n) is 6.04. The predicted octanol–water partition coefficient (Wildman–Crippen LogP) is 2.19. The molecule has 2 rings (SSSR count). The summed E-state index contributed by atoms with van der Waals surface area (Å²) in [4.78, 5) is 0. The molecule has 0 aromatic rings. The van der Waals surface area contributed by atoms with Crippen molar-refractivity contribution in [2.75, 3.05) is 19.8 Å². The molecule has 14 heavy (non-hydrogen) atoms. The van der Waals surface area contributed by atoms with E-state index in [1.807, 2.05) is 0 Å². The summed E-state index contributed by atoms with van der Waals surface area (Å²) in [5.41, 5.74) is 0.651.